The van der Waals surface area contributed by atoms with Gasteiger partial charge in [0.05, 0.1) is 0 Å². The van der Waals surface area contributed by atoms with Gasteiger partial charge in [-0.3, -0.25) is 0 Å². The molecule has 0 aliphatic heterocycles. The predicted molar refractivity (Wildman–Crippen MR) is 109 cm³/mol. The Balaban J connectivity index is 2.27. The Hall–Kier alpha value is -2.39. The van der Waals surface area contributed by atoms with Crippen LogP contribution in [0.5, 0.6) is 5.75 Å². The van der Waals surface area contributed by atoms with Crippen LogP contribution in [-0.4, -0.2) is 8.32 Å². The maximum atomic E-state index is 14.7. The minimum absolute atomic E-state index is 0.187. The van der Waals surface area contributed by atoms with Crippen molar-refractivity contribution in [2.45, 2.75) is 32.7 Å². The van der Waals surface area contributed by atoms with E-state index < -0.39 is 8.32 Å². The Morgan fingerprint density at radius 3 is 1.69 bits per heavy atom. The van der Waals surface area contributed by atoms with Crippen LogP contribution < -0.4 is 14.8 Å². The molecule has 0 heterocycles. The number of hydrogen-bond acceptors (Lipinski definition) is 1. The summed E-state index contributed by atoms with van der Waals surface area (Å²) in [6.45, 7) is 8.44. The summed E-state index contributed by atoms with van der Waals surface area (Å²) in [4.78, 5) is 0. The molecular formula is C23H25FOSi. The predicted octanol–water partition coefficient (Wildman–Crippen LogP) is 5.07. The fourth-order valence-electron chi connectivity index (χ4n) is 3.50. The lowest BCUT2D eigenvalue weighted by atomic mass is 10.2. The highest BCUT2D eigenvalue weighted by molar-refractivity contribution is 7.00. The third kappa shape index (κ3) is 3.32. The quantitative estimate of drug-likeness (QED) is 0.587. The number of hydrogen-bond donors (Lipinski definition) is 0. The lowest BCUT2D eigenvalue weighted by molar-refractivity contribution is 0.468. The van der Waals surface area contributed by atoms with Gasteiger partial charge in [0, 0.05) is 0 Å². The fraction of sp³-hybridized carbons (Fsp3) is 0.217. The maximum absolute atomic E-state index is 14.7. The Kier molecular flexibility index (Phi) is 5.01. The van der Waals surface area contributed by atoms with E-state index in [0.717, 1.165) is 15.9 Å². The van der Waals surface area contributed by atoms with E-state index in [1.807, 2.05) is 49.4 Å². The number of benzene rings is 3. The molecule has 0 N–H and O–H groups in total. The smallest absolute Gasteiger partial charge is 0.320 e. The standard InChI is InChI=1S/C23H25FOSi/c1-18-15-16-22(21(24)17-18)25-26(23(2,3)4,19-11-7-5-8-12-19)20-13-9-6-10-14-20/h5-17H,1-4H3. The average Bonchev–Trinajstić information content (AvgIpc) is 2.62. The Bertz CT molecular complexity index is 830. The van der Waals surface area contributed by atoms with Gasteiger partial charge in [-0.2, -0.15) is 0 Å². The van der Waals surface area contributed by atoms with E-state index in [1.165, 1.54) is 6.07 Å². The van der Waals surface area contributed by atoms with Crippen molar-refractivity contribution in [3.05, 3.63) is 90.2 Å². The Labute approximate surface area is 156 Å². The highest BCUT2D eigenvalue weighted by atomic mass is 28.4. The molecule has 0 unspecified atom stereocenters. The van der Waals surface area contributed by atoms with Crippen molar-refractivity contribution in [3.63, 3.8) is 0 Å². The number of rotatable bonds is 4. The first-order valence-corrected chi connectivity index (χ1v) is 10.8. The first-order chi connectivity index (χ1) is 12.3. The fourth-order valence-corrected chi connectivity index (χ4v) is 7.93. The van der Waals surface area contributed by atoms with Crippen molar-refractivity contribution < 1.29 is 8.82 Å². The van der Waals surface area contributed by atoms with Crippen molar-refractivity contribution in [1.29, 1.82) is 0 Å². The van der Waals surface area contributed by atoms with E-state index in [2.05, 4.69) is 45.0 Å². The second-order valence-corrected chi connectivity index (χ2v) is 11.9. The molecule has 0 aliphatic rings. The zero-order valence-electron chi connectivity index (χ0n) is 15.8. The molecule has 3 heteroatoms. The summed E-state index contributed by atoms with van der Waals surface area (Å²) < 4.78 is 21.4. The van der Waals surface area contributed by atoms with Crippen LogP contribution in [0.15, 0.2) is 78.9 Å². The molecule has 3 aromatic carbocycles. The van der Waals surface area contributed by atoms with E-state index >= 15 is 0 Å². The van der Waals surface area contributed by atoms with Crippen molar-refractivity contribution in [2.75, 3.05) is 0 Å². The summed E-state index contributed by atoms with van der Waals surface area (Å²) >= 11 is 0. The first-order valence-electron chi connectivity index (χ1n) is 8.91. The molecule has 0 bridgehead atoms. The molecule has 0 aromatic heterocycles. The number of halogens is 1. The molecule has 0 radical (unpaired) electrons. The third-order valence-electron chi connectivity index (χ3n) is 4.77. The average molecular weight is 365 g/mol. The number of aryl methyl sites for hydroxylation is 1. The first kappa shape index (κ1) is 18.4. The van der Waals surface area contributed by atoms with Gasteiger partial charge >= 0.3 is 8.32 Å². The Morgan fingerprint density at radius 2 is 1.27 bits per heavy atom. The maximum Gasteiger partial charge on any atom is 0.320 e. The topological polar surface area (TPSA) is 9.23 Å². The van der Waals surface area contributed by atoms with Crippen molar-refractivity contribution in [2.24, 2.45) is 0 Å². The van der Waals surface area contributed by atoms with Crippen molar-refractivity contribution >= 4 is 18.7 Å². The molecule has 0 fully saturated rings. The molecule has 3 rings (SSSR count). The molecule has 0 amide bonds. The van der Waals surface area contributed by atoms with Gasteiger partial charge in [0.25, 0.3) is 0 Å². The van der Waals surface area contributed by atoms with Crippen LogP contribution in [0.1, 0.15) is 26.3 Å². The summed E-state index contributed by atoms with van der Waals surface area (Å²) in [7, 11) is -2.78. The van der Waals surface area contributed by atoms with Crippen LogP contribution in [0.4, 0.5) is 4.39 Å². The summed E-state index contributed by atoms with van der Waals surface area (Å²) in [5, 5.41) is 2.09. The van der Waals surface area contributed by atoms with Gasteiger partial charge in [0.1, 0.15) is 5.75 Å². The largest absolute Gasteiger partial charge is 0.532 e. The molecule has 0 saturated heterocycles. The lowest BCUT2D eigenvalue weighted by Gasteiger charge is -2.43. The van der Waals surface area contributed by atoms with Gasteiger partial charge in [-0.15, -0.1) is 0 Å². The molecule has 26 heavy (non-hydrogen) atoms. The normalized spacial score (nSPS) is 12.0. The highest BCUT2D eigenvalue weighted by Gasteiger charge is 2.52. The second-order valence-electron chi connectivity index (χ2n) is 7.70. The van der Waals surface area contributed by atoms with Crippen LogP contribution in [-0.2, 0) is 0 Å². The monoisotopic (exact) mass is 364 g/mol. The van der Waals surface area contributed by atoms with E-state index in [-0.39, 0.29) is 10.9 Å². The SMILES string of the molecule is Cc1ccc(O[Si](c2ccccc2)(c2ccccc2)C(C)(C)C)c(F)c1. The van der Waals surface area contributed by atoms with E-state index in [0.29, 0.717) is 5.75 Å². The van der Waals surface area contributed by atoms with Crippen LogP contribution in [0.2, 0.25) is 5.04 Å². The van der Waals surface area contributed by atoms with Gasteiger partial charge in [-0.25, -0.2) is 4.39 Å². The van der Waals surface area contributed by atoms with Crippen LogP contribution in [0.3, 0.4) is 0 Å². The summed E-state index contributed by atoms with van der Waals surface area (Å²) in [6, 6.07) is 25.7. The molecular weight excluding hydrogens is 339 g/mol. The molecule has 134 valence electrons. The Morgan fingerprint density at radius 1 is 0.769 bits per heavy atom. The summed E-state index contributed by atoms with van der Waals surface area (Å²) in [5.41, 5.74) is 0.886. The van der Waals surface area contributed by atoms with Crippen LogP contribution in [0.25, 0.3) is 0 Å². The zero-order chi connectivity index (χ0) is 18.8. The summed E-state index contributed by atoms with van der Waals surface area (Å²) in [5.74, 6) is 0.0166. The van der Waals surface area contributed by atoms with Gasteiger partial charge < -0.3 is 4.43 Å². The van der Waals surface area contributed by atoms with Crippen LogP contribution >= 0.6 is 0 Å². The zero-order valence-corrected chi connectivity index (χ0v) is 16.8. The highest BCUT2D eigenvalue weighted by Crippen LogP contribution is 2.38. The lowest BCUT2D eigenvalue weighted by Crippen LogP contribution is -2.68. The second kappa shape index (κ2) is 7.08. The van der Waals surface area contributed by atoms with Crippen molar-refractivity contribution in [3.8, 4) is 5.75 Å². The molecule has 3 aromatic rings. The third-order valence-corrected chi connectivity index (χ3v) is 9.70. The minimum atomic E-state index is -2.78. The molecule has 1 nitrogen and oxygen atoms in total. The van der Waals surface area contributed by atoms with Gasteiger partial charge in [-0.05, 0) is 40.0 Å². The van der Waals surface area contributed by atoms with E-state index in [4.69, 9.17) is 4.43 Å². The summed E-state index contributed by atoms with van der Waals surface area (Å²) in [6.07, 6.45) is 0. The van der Waals surface area contributed by atoms with E-state index in [1.54, 1.807) is 6.07 Å². The minimum Gasteiger partial charge on any atom is -0.532 e. The van der Waals surface area contributed by atoms with Gasteiger partial charge in [0.2, 0.25) is 0 Å². The molecule has 0 atom stereocenters. The molecule has 0 spiro atoms. The van der Waals surface area contributed by atoms with Crippen molar-refractivity contribution in [1.82, 2.24) is 0 Å². The van der Waals surface area contributed by atoms with E-state index in [9.17, 15) is 4.39 Å². The van der Waals surface area contributed by atoms with Crippen LogP contribution in [0, 0.1) is 12.7 Å². The molecule has 0 saturated carbocycles. The molecule has 0 aliphatic carbocycles. The van der Waals surface area contributed by atoms with Gasteiger partial charge in [-0.1, -0.05) is 87.5 Å². The van der Waals surface area contributed by atoms with Gasteiger partial charge in [0.15, 0.2) is 5.82 Å².